The Morgan fingerprint density at radius 1 is 1.11 bits per heavy atom. The lowest BCUT2D eigenvalue weighted by molar-refractivity contribution is 0.102. The van der Waals surface area contributed by atoms with E-state index in [9.17, 15) is 4.79 Å². The molecule has 2 nitrogen and oxygen atoms in total. The molecule has 0 radical (unpaired) electrons. The smallest absolute Gasteiger partial charge is 0.255 e. The summed E-state index contributed by atoms with van der Waals surface area (Å²) in [6.45, 7) is 4.01. The molecule has 0 aliphatic carbocycles. The van der Waals surface area contributed by atoms with Crippen LogP contribution in [-0.4, -0.2) is 5.91 Å². The van der Waals surface area contributed by atoms with E-state index in [1.165, 1.54) is 0 Å². The molecule has 2 aromatic carbocycles. The van der Waals surface area contributed by atoms with Gasteiger partial charge in [-0.25, -0.2) is 0 Å². The zero-order valence-corrected chi connectivity index (χ0v) is 13.8. The quantitative estimate of drug-likeness (QED) is 0.770. The van der Waals surface area contributed by atoms with Crippen molar-refractivity contribution in [1.82, 2.24) is 0 Å². The van der Waals surface area contributed by atoms with Crippen molar-refractivity contribution in [2.45, 2.75) is 13.8 Å². The Labute approximate surface area is 129 Å². The molecular weight excluding hydrogens is 370 g/mol. The topological polar surface area (TPSA) is 29.1 Å². The van der Waals surface area contributed by atoms with E-state index in [-0.39, 0.29) is 5.91 Å². The molecule has 4 heteroatoms. The minimum Gasteiger partial charge on any atom is -0.321 e. The van der Waals surface area contributed by atoms with Gasteiger partial charge in [-0.3, -0.25) is 4.79 Å². The highest BCUT2D eigenvalue weighted by Crippen LogP contribution is 2.28. The van der Waals surface area contributed by atoms with E-state index in [1.54, 1.807) is 12.1 Å². The Balaban J connectivity index is 2.29. The monoisotopic (exact) mass is 381 g/mol. The molecule has 0 unspecified atom stereocenters. The highest BCUT2D eigenvalue weighted by atomic mass is 79.9. The van der Waals surface area contributed by atoms with Crippen LogP contribution in [0.25, 0.3) is 0 Å². The Morgan fingerprint density at radius 2 is 1.84 bits per heavy atom. The van der Waals surface area contributed by atoms with Gasteiger partial charge in [0, 0.05) is 14.5 Å². The lowest BCUT2D eigenvalue weighted by atomic mass is 10.1. The summed E-state index contributed by atoms with van der Waals surface area (Å²) in [5, 5.41) is 2.94. The molecule has 0 aromatic heterocycles. The maximum absolute atomic E-state index is 12.2. The second-order valence-electron chi connectivity index (χ2n) is 4.40. The van der Waals surface area contributed by atoms with Crippen LogP contribution in [0.3, 0.4) is 0 Å². The minimum atomic E-state index is -0.117. The molecular formula is C15H13Br2NO. The van der Waals surface area contributed by atoms with E-state index < -0.39 is 0 Å². The first-order chi connectivity index (χ1) is 8.97. The van der Waals surface area contributed by atoms with E-state index in [0.29, 0.717) is 5.56 Å². The molecule has 98 valence electrons. The summed E-state index contributed by atoms with van der Waals surface area (Å²) in [5.74, 6) is -0.117. The molecule has 2 rings (SSSR count). The van der Waals surface area contributed by atoms with Gasteiger partial charge in [0.05, 0.1) is 5.69 Å². The van der Waals surface area contributed by atoms with E-state index in [0.717, 1.165) is 25.8 Å². The number of aryl methyl sites for hydroxylation is 2. The molecule has 0 saturated carbocycles. The zero-order chi connectivity index (χ0) is 14.0. The van der Waals surface area contributed by atoms with Crippen LogP contribution >= 0.6 is 31.9 Å². The molecule has 19 heavy (non-hydrogen) atoms. The van der Waals surface area contributed by atoms with Gasteiger partial charge in [0.25, 0.3) is 5.91 Å². The van der Waals surface area contributed by atoms with Crippen molar-refractivity contribution in [2.75, 3.05) is 5.32 Å². The van der Waals surface area contributed by atoms with Gasteiger partial charge in [0.1, 0.15) is 0 Å². The molecule has 0 aliphatic rings. The van der Waals surface area contributed by atoms with Crippen LogP contribution in [-0.2, 0) is 0 Å². The van der Waals surface area contributed by atoms with Gasteiger partial charge in [0.15, 0.2) is 0 Å². The number of carbonyl (C=O) groups excluding carboxylic acids is 1. The molecule has 0 aliphatic heterocycles. The fourth-order valence-corrected chi connectivity index (χ4v) is 3.06. The number of hydrogen-bond acceptors (Lipinski definition) is 1. The lowest BCUT2D eigenvalue weighted by Gasteiger charge is -2.12. The van der Waals surface area contributed by atoms with Crippen LogP contribution in [0.4, 0.5) is 5.69 Å². The number of nitrogens with one attached hydrogen (secondary N) is 1. The predicted octanol–water partition coefficient (Wildman–Crippen LogP) is 5.08. The standard InChI is InChI=1S/C15H13Br2NO/c1-9-6-10(2)14(13(17)7-9)18-15(19)11-4-3-5-12(16)8-11/h3-8H,1-2H3,(H,18,19). The maximum atomic E-state index is 12.2. The van der Waals surface area contributed by atoms with Gasteiger partial charge >= 0.3 is 0 Å². The fraction of sp³-hybridized carbons (Fsp3) is 0.133. The molecule has 0 heterocycles. The van der Waals surface area contributed by atoms with Gasteiger partial charge in [-0.1, -0.05) is 28.1 Å². The minimum absolute atomic E-state index is 0.117. The van der Waals surface area contributed by atoms with E-state index in [2.05, 4.69) is 37.2 Å². The first kappa shape index (κ1) is 14.3. The largest absolute Gasteiger partial charge is 0.321 e. The van der Waals surface area contributed by atoms with E-state index >= 15 is 0 Å². The summed E-state index contributed by atoms with van der Waals surface area (Å²) >= 11 is 6.85. The van der Waals surface area contributed by atoms with Crippen molar-refractivity contribution < 1.29 is 4.79 Å². The molecule has 1 N–H and O–H groups in total. The number of rotatable bonds is 2. The van der Waals surface area contributed by atoms with E-state index in [4.69, 9.17) is 0 Å². The predicted molar refractivity (Wildman–Crippen MR) is 85.7 cm³/mol. The highest BCUT2D eigenvalue weighted by Gasteiger charge is 2.11. The summed E-state index contributed by atoms with van der Waals surface area (Å²) < 4.78 is 1.79. The fourth-order valence-electron chi connectivity index (χ4n) is 1.89. The summed E-state index contributed by atoms with van der Waals surface area (Å²) in [7, 11) is 0. The van der Waals surface area contributed by atoms with Gasteiger partial charge in [-0.15, -0.1) is 0 Å². The summed E-state index contributed by atoms with van der Waals surface area (Å²) in [6, 6.07) is 11.4. The molecule has 0 spiro atoms. The average Bonchev–Trinajstić information content (AvgIpc) is 2.33. The number of anilines is 1. The Morgan fingerprint density at radius 3 is 2.47 bits per heavy atom. The summed E-state index contributed by atoms with van der Waals surface area (Å²) in [4.78, 5) is 12.2. The molecule has 1 amide bonds. The Bertz CT molecular complexity index is 615. The van der Waals surface area contributed by atoms with Gasteiger partial charge in [-0.2, -0.15) is 0 Å². The number of halogens is 2. The van der Waals surface area contributed by atoms with Crippen LogP contribution in [0.15, 0.2) is 45.3 Å². The van der Waals surface area contributed by atoms with Crippen LogP contribution in [0, 0.1) is 13.8 Å². The SMILES string of the molecule is Cc1cc(C)c(NC(=O)c2cccc(Br)c2)c(Br)c1. The molecule has 0 fully saturated rings. The van der Waals surface area contributed by atoms with Crippen molar-refractivity contribution in [1.29, 1.82) is 0 Å². The number of hydrogen-bond donors (Lipinski definition) is 1. The molecule has 2 aromatic rings. The molecule has 0 bridgehead atoms. The maximum Gasteiger partial charge on any atom is 0.255 e. The van der Waals surface area contributed by atoms with Crippen molar-refractivity contribution in [3.8, 4) is 0 Å². The van der Waals surface area contributed by atoms with Crippen LogP contribution in [0.2, 0.25) is 0 Å². The second-order valence-corrected chi connectivity index (χ2v) is 6.17. The number of benzene rings is 2. The highest BCUT2D eigenvalue weighted by molar-refractivity contribution is 9.10. The van der Waals surface area contributed by atoms with Crippen LogP contribution < -0.4 is 5.32 Å². The Kier molecular flexibility index (Phi) is 4.42. The van der Waals surface area contributed by atoms with Crippen LogP contribution in [0.5, 0.6) is 0 Å². The van der Waals surface area contributed by atoms with Gasteiger partial charge in [0.2, 0.25) is 0 Å². The second kappa shape index (κ2) is 5.88. The van der Waals surface area contributed by atoms with Crippen molar-refractivity contribution in [3.63, 3.8) is 0 Å². The number of amides is 1. The average molecular weight is 383 g/mol. The molecule has 0 atom stereocenters. The lowest BCUT2D eigenvalue weighted by Crippen LogP contribution is -2.13. The summed E-state index contributed by atoms with van der Waals surface area (Å²) in [5.41, 5.74) is 3.64. The van der Waals surface area contributed by atoms with Crippen molar-refractivity contribution in [2.24, 2.45) is 0 Å². The normalized spacial score (nSPS) is 10.3. The van der Waals surface area contributed by atoms with Crippen molar-refractivity contribution >= 4 is 43.5 Å². The third-order valence-corrected chi connectivity index (χ3v) is 3.88. The first-order valence-corrected chi connectivity index (χ1v) is 7.39. The third-order valence-electron chi connectivity index (χ3n) is 2.76. The molecule has 0 saturated heterocycles. The Hall–Kier alpha value is -1.13. The summed E-state index contributed by atoms with van der Waals surface area (Å²) in [6.07, 6.45) is 0. The zero-order valence-electron chi connectivity index (χ0n) is 10.6. The van der Waals surface area contributed by atoms with Crippen molar-refractivity contribution in [3.05, 3.63) is 62.0 Å². The first-order valence-electron chi connectivity index (χ1n) is 5.81. The van der Waals surface area contributed by atoms with Gasteiger partial charge < -0.3 is 5.32 Å². The number of carbonyl (C=O) groups is 1. The van der Waals surface area contributed by atoms with Gasteiger partial charge in [-0.05, 0) is 65.2 Å². The van der Waals surface area contributed by atoms with E-state index in [1.807, 2.05) is 38.1 Å². The van der Waals surface area contributed by atoms with Crippen LogP contribution in [0.1, 0.15) is 21.5 Å². The third kappa shape index (κ3) is 3.45.